The number of piperidine rings is 1. The number of aromatic nitrogens is 2. The fourth-order valence-corrected chi connectivity index (χ4v) is 2.76. The van der Waals surface area contributed by atoms with Crippen molar-refractivity contribution in [1.82, 2.24) is 15.3 Å². The van der Waals surface area contributed by atoms with E-state index < -0.39 is 0 Å². The number of hydrogen-bond acceptors (Lipinski definition) is 4. The van der Waals surface area contributed by atoms with Crippen molar-refractivity contribution in [3.05, 3.63) is 18.0 Å². The molecule has 2 atom stereocenters. The first kappa shape index (κ1) is 10.0. The van der Waals surface area contributed by atoms with Gasteiger partial charge in [-0.25, -0.2) is 9.97 Å². The lowest BCUT2D eigenvalue weighted by Gasteiger charge is -2.24. The van der Waals surface area contributed by atoms with Crippen LogP contribution in [0, 0.1) is 12.8 Å². The molecule has 1 aromatic heterocycles. The predicted molar refractivity (Wildman–Crippen MR) is 63.5 cm³/mol. The van der Waals surface area contributed by atoms with E-state index >= 15 is 0 Å². The molecule has 16 heavy (non-hydrogen) atoms. The normalized spacial score (nSPS) is 29.2. The molecule has 2 saturated heterocycles. The highest BCUT2D eigenvalue weighted by molar-refractivity contribution is 5.33. The molecule has 1 aromatic rings. The van der Waals surface area contributed by atoms with Gasteiger partial charge in [-0.3, -0.25) is 0 Å². The van der Waals surface area contributed by atoms with E-state index in [4.69, 9.17) is 0 Å². The maximum Gasteiger partial charge on any atom is 0.225 e. The Bertz CT molecular complexity index is 348. The first-order valence-corrected chi connectivity index (χ1v) is 6.10. The van der Waals surface area contributed by atoms with Gasteiger partial charge >= 0.3 is 0 Å². The second-order valence-corrected chi connectivity index (χ2v) is 4.93. The molecule has 3 rings (SSSR count). The first-order chi connectivity index (χ1) is 7.83. The van der Waals surface area contributed by atoms with Gasteiger partial charge in [-0.1, -0.05) is 0 Å². The van der Waals surface area contributed by atoms with Gasteiger partial charge in [-0.05, 0) is 37.8 Å². The van der Waals surface area contributed by atoms with Crippen LogP contribution in [-0.2, 0) is 0 Å². The molecule has 4 nitrogen and oxygen atoms in total. The summed E-state index contributed by atoms with van der Waals surface area (Å²) >= 11 is 0. The summed E-state index contributed by atoms with van der Waals surface area (Å²) in [6.07, 6.45) is 6.46. The average molecular weight is 218 g/mol. The standard InChI is InChI=1S/C12H18N4/c1-9-5-14-12(15-6-9)16-7-10-3-2-4-13-11(10)8-16/h5-6,10-11,13H,2-4,7-8H2,1H3. The molecule has 0 aliphatic carbocycles. The Morgan fingerprint density at radius 1 is 1.31 bits per heavy atom. The third-order valence-corrected chi connectivity index (χ3v) is 3.65. The molecule has 0 bridgehead atoms. The second kappa shape index (κ2) is 4.01. The van der Waals surface area contributed by atoms with Crippen LogP contribution in [0.3, 0.4) is 0 Å². The number of nitrogens with one attached hydrogen (secondary N) is 1. The topological polar surface area (TPSA) is 41.1 Å². The third kappa shape index (κ3) is 1.78. The molecular formula is C12H18N4. The van der Waals surface area contributed by atoms with Gasteiger partial charge in [0.15, 0.2) is 0 Å². The highest BCUT2D eigenvalue weighted by Gasteiger charge is 2.35. The van der Waals surface area contributed by atoms with Gasteiger partial charge in [0, 0.05) is 31.5 Å². The summed E-state index contributed by atoms with van der Waals surface area (Å²) in [5.74, 6) is 1.68. The van der Waals surface area contributed by atoms with Crippen molar-refractivity contribution in [2.45, 2.75) is 25.8 Å². The number of hydrogen-bond donors (Lipinski definition) is 1. The second-order valence-electron chi connectivity index (χ2n) is 4.93. The minimum absolute atomic E-state index is 0.652. The van der Waals surface area contributed by atoms with Gasteiger partial charge in [0.05, 0.1) is 0 Å². The van der Waals surface area contributed by atoms with E-state index in [1.165, 1.54) is 19.4 Å². The summed E-state index contributed by atoms with van der Waals surface area (Å²) in [5.41, 5.74) is 1.12. The molecule has 2 fully saturated rings. The molecule has 3 heterocycles. The summed E-state index contributed by atoms with van der Waals surface area (Å²) in [5, 5.41) is 3.59. The van der Waals surface area contributed by atoms with Crippen LogP contribution in [0.15, 0.2) is 12.4 Å². The zero-order chi connectivity index (χ0) is 11.0. The molecule has 0 saturated carbocycles. The first-order valence-electron chi connectivity index (χ1n) is 6.10. The number of anilines is 1. The molecule has 0 radical (unpaired) electrons. The molecule has 2 aliphatic heterocycles. The molecule has 4 heteroatoms. The molecular weight excluding hydrogens is 200 g/mol. The SMILES string of the molecule is Cc1cnc(N2CC3CCCNC3C2)nc1. The fraction of sp³-hybridized carbons (Fsp3) is 0.667. The minimum atomic E-state index is 0.652. The van der Waals surface area contributed by atoms with Crippen molar-refractivity contribution in [1.29, 1.82) is 0 Å². The number of rotatable bonds is 1. The zero-order valence-electron chi connectivity index (χ0n) is 9.69. The van der Waals surface area contributed by atoms with Crippen LogP contribution < -0.4 is 10.2 Å². The number of fused-ring (bicyclic) bond motifs is 1. The summed E-state index contributed by atoms with van der Waals surface area (Å²) < 4.78 is 0. The van der Waals surface area contributed by atoms with Crippen molar-refractivity contribution in [2.75, 3.05) is 24.5 Å². The minimum Gasteiger partial charge on any atom is -0.339 e. The van der Waals surface area contributed by atoms with Crippen LogP contribution in [0.1, 0.15) is 18.4 Å². The predicted octanol–water partition coefficient (Wildman–Crippen LogP) is 0.973. The van der Waals surface area contributed by atoms with Gasteiger partial charge in [-0.2, -0.15) is 0 Å². The van der Waals surface area contributed by atoms with E-state index in [1.54, 1.807) is 0 Å². The van der Waals surface area contributed by atoms with Crippen molar-refractivity contribution in [3.63, 3.8) is 0 Å². The number of nitrogens with zero attached hydrogens (tertiary/aromatic N) is 3. The Morgan fingerprint density at radius 3 is 2.88 bits per heavy atom. The van der Waals surface area contributed by atoms with Gasteiger partial charge in [0.25, 0.3) is 0 Å². The Kier molecular flexibility index (Phi) is 2.52. The lowest BCUT2D eigenvalue weighted by molar-refractivity contribution is 0.340. The maximum atomic E-state index is 4.41. The maximum absolute atomic E-state index is 4.41. The van der Waals surface area contributed by atoms with Crippen LogP contribution in [0.2, 0.25) is 0 Å². The molecule has 0 amide bonds. The zero-order valence-corrected chi connectivity index (χ0v) is 9.69. The van der Waals surface area contributed by atoms with E-state index in [2.05, 4.69) is 20.2 Å². The Morgan fingerprint density at radius 2 is 2.12 bits per heavy atom. The Hall–Kier alpha value is -1.16. The quantitative estimate of drug-likeness (QED) is 0.762. The van der Waals surface area contributed by atoms with Gasteiger partial charge < -0.3 is 10.2 Å². The lowest BCUT2D eigenvalue weighted by Crippen LogP contribution is -2.40. The van der Waals surface area contributed by atoms with Crippen LogP contribution in [0.25, 0.3) is 0 Å². The van der Waals surface area contributed by atoms with Crippen molar-refractivity contribution in [2.24, 2.45) is 5.92 Å². The van der Waals surface area contributed by atoms with Crippen LogP contribution in [-0.4, -0.2) is 35.6 Å². The Balaban J connectivity index is 1.75. The van der Waals surface area contributed by atoms with Crippen molar-refractivity contribution < 1.29 is 0 Å². The van der Waals surface area contributed by atoms with Gasteiger partial charge in [0.1, 0.15) is 0 Å². The Labute approximate surface area is 96.1 Å². The fourth-order valence-electron chi connectivity index (χ4n) is 2.76. The van der Waals surface area contributed by atoms with Crippen LogP contribution in [0.5, 0.6) is 0 Å². The average Bonchev–Trinajstić information content (AvgIpc) is 2.73. The van der Waals surface area contributed by atoms with E-state index in [-0.39, 0.29) is 0 Å². The third-order valence-electron chi connectivity index (χ3n) is 3.65. The van der Waals surface area contributed by atoms with Crippen LogP contribution >= 0.6 is 0 Å². The monoisotopic (exact) mass is 218 g/mol. The molecule has 0 aromatic carbocycles. The highest BCUT2D eigenvalue weighted by Crippen LogP contribution is 2.26. The summed E-state index contributed by atoms with van der Waals surface area (Å²) in [6.45, 7) is 5.37. The van der Waals surface area contributed by atoms with Gasteiger partial charge in [0.2, 0.25) is 5.95 Å². The van der Waals surface area contributed by atoms with Crippen molar-refractivity contribution >= 4 is 5.95 Å². The van der Waals surface area contributed by atoms with E-state index in [0.29, 0.717) is 6.04 Å². The summed E-state index contributed by atoms with van der Waals surface area (Å²) in [6, 6.07) is 0.652. The largest absolute Gasteiger partial charge is 0.339 e. The molecule has 0 spiro atoms. The number of aryl methyl sites for hydroxylation is 1. The lowest BCUT2D eigenvalue weighted by atomic mass is 9.94. The molecule has 2 unspecified atom stereocenters. The molecule has 1 N–H and O–H groups in total. The van der Waals surface area contributed by atoms with E-state index in [0.717, 1.165) is 30.5 Å². The summed E-state index contributed by atoms with van der Waals surface area (Å²) in [4.78, 5) is 11.1. The molecule has 86 valence electrons. The highest BCUT2D eigenvalue weighted by atomic mass is 15.3. The van der Waals surface area contributed by atoms with Crippen LogP contribution in [0.4, 0.5) is 5.95 Å². The van der Waals surface area contributed by atoms with E-state index in [9.17, 15) is 0 Å². The van der Waals surface area contributed by atoms with E-state index in [1.807, 2.05) is 19.3 Å². The smallest absolute Gasteiger partial charge is 0.225 e. The summed E-state index contributed by atoms with van der Waals surface area (Å²) in [7, 11) is 0. The van der Waals surface area contributed by atoms with Crippen molar-refractivity contribution in [3.8, 4) is 0 Å². The molecule has 2 aliphatic rings. The van der Waals surface area contributed by atoms with Gasteiger partial charge in [-0.15, -0.1) is 0 Å².